The molecule has 1 aromatic carbocycles. The quantitative estimate of drug-likeness (QED) is 0.833. The molecule has 0 radical (unpaired) electrons. The van der Waals surface area contributed by atoms with Crippen molar-refractivity contribution in [3.63, 3.8) is 0 Å². The van der Waals surface area contributed by atoms with Crippen LogP contribution in [-0.2, 0) is 16.4 Å². The van der Waals surface area contributed by atoms with Crippen LogP contribution in [0.5, 0.6) is 0 Å². The number of nitrogens with zero attached hydrogens (tertiary/aromatic N) is 1. The van der Waals surface area contributed by atoms with Crippen LogP contribution in [0.1, 0.15) is 17.0 Å². The standard InChI is InChI=1S/C16H22N2O2S/c1-13-11-15(12-17-9-10-21(3,19)20)14(2)18(13)16-7-5-4-6-8-16/h4-8,11,17H,9-10,12H2,1-3H3. The van der Waals surface area contributed by atoms with Gasteiger partial charge < -0.3 is 9.88 Å². The van der Waals surface area contributed by atoms with E-state index in [4.69, 9.17) is 0 Å². The Kier molecular flexibility index (Phi) is 4.85. The predicted octanol–water partition coefficient (Wildman–Crippen LogP) is 2.23. The first-order chi connectivity index (χ1) is 9.88. The maximum absolute atomic E-state index is 11.1. The Hall–Kier alpha value is -1.59. The van der Waals surface area contributed by atoms with Gasteiger partial charge in [0.1, 0.15) is 9.84 Å². The fourth-order valence-corrected chi connectivity index (χ4v) is 2.98. The van der Waals surface area contributed by atoms with Crippen molar-refractivity contribution in [3.8, 4) is 5.69 Å². The molecule has 0 unspecified atom stereocenters. The molecule has 1 aromatic heterocycles. The summed E-state index contributed by atoms with van der Waals surface area (Å²) in [5.41, 5.74) is 4.71. The summed E-state index contributed by atoms with van der Waals surface area (Å²) in [6.45, 7) is 5.34. The second-order valence-electron chi connectivity index (χ2n) is 5.37. The molecule has 0 aliphatic heterocycles. The molecule has 21 heavy (non-hydrogen) atoms. The monoisotopic (exact) mass is 306 g/mol. The summed E-state index contributed by atoms with van der Waals surface area (Å²) in [5, 5.41) is 3.20. The molecule has 2 rings (SSSR count). The Labute approximate surface area is 126 Å². The van der Waals surface area contributed by atoms with Gasteiger partial charge in [-0.1, -0.05) is 18.2 Å². The molecule has 1 heterocycles. The molecule has 0 saturated carbocycles. The van der Waals surface area contributed by atoms with Gasteiger partial charge >= 0.3 is 0 Å². The highest BCUT2D eigenvalue weighted by molar-refractivity contribution is 7.90. The molecule has 0 atom stereocenters. The number of rotatable bonds is 6. The van der Waals surface area contributed by atoms with Crippen LogP contribution in [0.2, 0.25) is 0 Å². The number of hydrogen-bond donors (Lipinski definition) is 1. The van der Waals surface area contributed by atoms with Crippen LogP contribution in [0.25, 0.3) is 5.69 Å². The molecule has 0 aliphatic rings. The van der Waals surface area contributed by atoms with Crippen LogP contribution in [0.15, 0.2) is 36.4 Å². The fraction of sp³-hybridized carbons (Fsp3) is 0.375. The number of para-hydroxylation sites is 1. The van der Waals surface area contributed by atoms with E-state index in [0.717, 1.165) is 5.69 Å². The van der Waals surface area contributed by atoms with Gasteiger partial charge in [0.25, 0.3) is 0 Å². The van der Waals surface area contributed by atoms with Crippen molar-refractivity contribution in [2.24, 2.45) is 0 Å². The summed E-state index contributed by atoms with van der Waals surface area (Å²) < 4.78 is 24.4. The zero-order chi connectivity index (χ0) is 15.5. The van der Waals surface area contributed by atoms with Gasteiger partial charge in [0.15, 0.2) is 0 Å². The van der Waals surface area contributed by atoms with Crippen molar-refractivity contribution in [1.29, 1.82) is 0 Å². The average molecular weight is 306 g/mol. The number of hydrogen-bond acceptors (Lipinski definition) is 3. The summed E-state index contributed by atoms with van der Waals surface area (Å²) in [5.74, 6) is 0.171. The van der Waals surface area contributed by atoms with Crippen LogP contribution in [0.3, 0.4) is 0 Å². The molecule has 4 nitrogen and oxygen atoms in total. The highest BCUT2D eigenvalue weighted by atomic mass is 32.2. The lowest BCUT2D eigenvalue weighted by atomic mass is 10.2. The number of nitrogens with one attached hydrogen (secondary N) is 1. The fourth-order valence-electron chi connectivity index (χ4n) is 2.46. The van der Waals surface area contributed by atoms with Gasteiger partial charge in [-0.3, -0.25) is 0 Å². The Balaban J connectivity index is 2.09. The summed E-state index contributed by atoms with van der Waals surface area (Å²) in [7, 11) is -2.90. The minimum Gasteiger partial charge on any atom is -0.318 e. The maximum Gasteiger partial charge on any atom is 0.148 e. The van der Waals surface area contributed by atoms with Gasteiger partial charge in [0.2, 0.25) is 0 Å². The normalized spacial score (nSPS) is 11.8. The van der Waals surface area contributed by atoms with Gasteiger partial charge in [-0.05, 0) is 37.6 Å². The first kappa shape index (κ1) is 15.8. The van der Waals surface area contributed by atoms with Crippen LogP contribution in [0.4, 0.5) is 0 Å². The van der Waals surface area contributed by atoms with Crippen molar-refractivity contribution >= 4 is 9.84 Å². The largest absolute Gasteiger partial charge is 0.318 e. The van der Waals surface area contributed by atoms with E-state index < -0.39 is 9.84 Å². The highest BCUT2D eigenvalue weighted by Crippen LogP contribution is 2.20. The maximum atomic E-state index is 11.1. The molecule has 0 aliphatic carbocycles. The smallest absolute Gasteiger partial charge is 0.148 e. The highest BCUT2D eigenvalue weighted by Gasteiger charge is 2.10. The third-order valence-corrected chi connectivity index (χ3v) is 4.46. The van der Waals surface area contributed by atoms with Gasteiger partial charge in [0, 0.05) is 36.4 Å². The Morgan fingerprint density at radius 1 is 1.14 bits per heavy atom. The van der Waals surface area contributed by atoms with E-state index >= 15 is 0 Å². The van der Waals surface area contributed by atoms with Gasteiger partial charge in [0.05, 0.1) is 5.75 Å². The van der Waals surface area contributed by atoms with Crippen LogP contribution in [-0.4, -0.2) is 31.5 Å². The molecule has 0 bridgehead atoms. The minimum absolute atomic E-state index is 0.171. The van der Waals surface area contributed by atoms with Crippen LogP contribution < -0.4 is 5.32 Å². The number of benzene rings is 1. The molecule has 2 aromatic rings. The molecule has 5 heteroatoms. The predicted molar refractivity (Wildman–Crippen MR) is 86.7 cm³/mol. The van der Waals surface area contributed by atoms with Gasteiger partial charge in [-0.25, -0.2) is 8.42 Å². The zero-order valence-electron chi connectivity index (χ0n) is 12.8. The van der Waals surface area contributed by atoms with Gasteiger partial charge in [-0.15, -0.1) is 0 Å². The summed E-state index contributed by atoms with van der Waals surface area (Å²) >= 11 is 0. The molecular formula is C16H22N2O2S. The zero-order valence-corrected chi connectivity index (χ0v) is 13.6. The Bertz CT molecular complexity index is 703. The van der Waals surface area contributed by atoms with Crippen molar-refractivity contribution in [3.05, 3.63) is 53.3 Å². The average Bonchev–Trinajstić information content (AvgIpc) is 2.69. The molecule has 0 spiro atoms. The lowest BCUT2D eigenvalue weighted by Crippen LogP contribution is -2.22. The first-order valence-electron chi connectivity index (χ1n) is 7.00. The molecule has 114 valence electrons. The third-order valence-electron chi connectivity index (χ3n) is 3.52. The molecular weight excluding hydrogens is 284 g/mol. The second-order valence-corrected chi connectivity index (χ2v) is 7.63. The number of sulfone groups is 1. The molecule has 0 saturated heterocycles. The van der Waals surface area contributed by atoms with E-state index in [1.807, 2.05) is 18.2 Å². The molecule has 0 fully saturated rings. The first-order valence-corrected chi connectivity index (χ1v) is 9.06. The molecule has 1 N–H and O–H groups in total. The van der Waals surface area contributed by atoms with Crippen molar-refractivity contribution in [2.45, 2.75) is 20.4 Å². The molecule has 0 amide bonds. The van der Waals surface area contributed by atoms with E-state index in [2.05, 4.69) is 41.9 Å². The third kappa shape index (κ3) is 4.19. The van der Waals surface area contributed by atoms with E-state index in [1.54, 1.807) is 0 Å². The van der Waals surface area contributed by atoms with Gasteiger partial charge in [-0.2, -0.15) is 0 Å². The Morgan fingerprint density at radius 2 is 1.81 bits per heavy atom. The summed E-state index contributed by atoms with van der Waals surface area (Å²) in [6, 6.07) is 12.4. The van der Waals surface area contributed by atoms with Crippen LogP contribution >= 0.6 is 0 Å². The second kappa shape index (κ2) is 6.45. The number of aromatic nitrogens is 1. The summed E-state index contributed by atoms with van der Waals surface area (Å²) in [6.07, 6.45) is 1.26. The number of aryl methyl sites for hydroxylation is 1. The van der Waals surface area contributed by atoms with Crippen molar-refractivity contribution < 1.29 is 8.42 Å². The van der Waals surface area contributed by atoms with E-state index in [1.165, 1.54) is 23.2 Å². The topological polar surface area (TPSA) is 51.1 Å². The minimum atomic E-state index is -2.90. The Morgan fingerprint density at radius 3 is 2.43 bits per heavy atom. The summed E-state index contributed by atoms with van der Waals surface area (Å²) in [4.78, 5) is 0. The lowest BCUT2D eigenvalue weighted by Gasteiger charge is -2.10. The van der Waals surface area contributed by atoms with E-state index in [9.17, 15) is 8.42 Å². The van der Waals surface area contributed by atoms with E-state index in [0.29, 0.717) is 13.1 Å². The van der Waals surface area contributed by atoms with Crippen molar-refractivity contribution in [2.75, 3.05) is 18.6 Å². The van der Waals surface area contributed by atoms with Crippen molar-refractivity contribution in [1.82, 2.24) is 9.88 Å². The SMILES string of the molecule is Cc1cc(CNCCS(C)(=O)=O)c(C)n1-c1ccccc1. The van der Waals surface area contributed by atoms with E-state index in [-0.39, 0.29) is 5.75 Å². The van der Waals surface area contributed by atoms with Crippen LogP contribution in [0, 0.1) is 13.8 Å². The lowest BCUT2D eigenvalue weighted by molar-refractivity contribution is 0.596.